The minimum atomic E-state index is -4.56. The van der Waals surface area contributed by atoms with Gasteiger partial charge in [0.1, 0.15) is 25.1 Å². The third kappa shape index (κ3) is 4.87. The molecule has 1 saturated heterocycles. The number of nitrogens with one attached hydrogen (secondary N) is 1. The van der Waals surface area contributed by atoms with Gasteiger partial charge < -0.3 is 9.64 Å². The van der Waals surface area contributed by atoms with Gasteiger partial charge in [-0.05, 0) is 18.2 Å². The first-order valence-corrected chi connectivity index (χ1v) is 8.33. The maximum absolute atomic E-state index is 13.9. The van der Waals surface area contributed by atoms with E-state index in [0.717, 1.165) is 5.82 Å². The first-order chi connectivity index (χ1) is 12.8. The number of pyridine rings is 1. The van der Waals surface area contributed by atoms with E-state index >= 15 is 0 Å². The molecule has 0 bridgehead atoms. The Hall–Kier alpha value is -2.84. The Morgan fingerprint density at radius 1 is 1.04 bits per heavy atom. The van der Waals surface area contributed by atoms with E-state index in [1.807, 2.05) is 9.80 Å². The molecule has 27 heavy (non-hydrogen) atoms. The molecule has 0 radical (unpaired) electrons. The van der Waals surface area contributed by atoms with E-state index in [1.54, 1.807) is 24.3 Å². The number of anilines is 2. The third-order valence-electron chi connectivity index (χ3n) is 4.21. The van der Waals surface area contributed by atoms with E-state index in [0.29, 0.717) is 31.9 Å². The summed E-state index contributed by atoms with van der Waals surface area (Å²) < 4.78 is 54.4. The number of alkyl halides is 3. The van der Waals surface area contributed by atoms with Crippen LogP contribution >= 0.6 is 0 Å². The van der Waals surface area contributed by atoms with Gasteiger partial charge in [-0.1, -0.05) is 12.1 Å². The largest absolute Gasteiger partial charge is 0.452 e. The number of ether oxygens (including phenoxy) is 1. The number of hydrogen-bond donors (Lipinski definition) is 0. The topological polar surface area (TPSA) is 46.9 Å². The number of carbonyl (C=O) groups is 1. The molecular weight excluding hydrogens is 366 g/mol. The molecule has 1 aromatic carbocycles. The fraction of sp³-hybridized carbons (Fsp3) is 0.333. The van der Waals surface area contributed by atoms with Crippen LogP contribution in [0.1, 0.15) is 10.4 Å². The molecule has 1 aliphatic heterocycles. The van der Waals surface area contributed by atoms with Gasteiger partial charge in [0.2, 0.25) is 0 Å². The van der Waals surface area contributed by atoms with Crippen molar-refractivity contribution >= 4 is 17.5 Å². The first-order valence-electron chi connectivity index (χ1n) is 8.33. The number of hydrogen-bond acceptors (Lipinski definition) is 4. The summed E-state index contributed by atoms with van der Waals surface area (Å²) in [6, 6.07) is 9.61. The van der Waals surface area contributed by atoms with Crippen molar-refractivity contribution in [3.63, 3.8) is 0 Å². The second-order valence-electron chi connectivity index (χ2n) is 6.08. The molecule has 1 fully saturated rings. The van der Waals surface area contributed by atoms with Gasteiger partial charge in [0.25, 0.3) is 5.82 Å². The summed E-state index contributed by atoms with van der Waals surface area (Å²) in [5.41, 5.74) is 0.567. The van der Waals surface area contributed by atoms with Crippen molar-refractivity contribution in [3.8, 4) is 0 Å². The minimum Gasteiger partial charge on any atom is -0.452 e. The van der Waals surface area contributed by atoms with Gasteiger partial charge >= 0.3 is 12.1 Å². The number of nitrogens with zero attached hydrogens (tertiary/aromatic N) is 2. The predicted molar refractivity (Wildman–Crippen MR) is 90.2 cm³/mol. The van der Waals surface area contributed by atoms with Crippen LogP contribution in [0.5, 0.6) is 0 Å². The number of rotatable bonds is 4. The lowest BCUT2D eigenvalue weighted by molar-refractivity contribution is -0.364. The van der Waals surface area contributed by atoms with Gasteiger partial charge in [-0.15, -0.1) is 0 Å². The molecule has 2 aromatic rings. The zero-order chi connectivity index (χ0) is 19.4. The Morgan fingerprint density at radius 2 is 1.70 bits per heavy atom. The molecular formula is C18H18F4N3O2+. The van der Waals surface area contributed by atoms with Crippen molar-refractivity contribution in [3.05, 3.63) is 54.0 Å². The van der Waals surface area contributed by atoms with Crippen molar-refractivity contribution in [2.75, 3.05) is 42.6 Å². The Kier molecular flexibility index (Phi) is 5.48. The summed E-state index contributed by atoms with van der Waals surface area (Å²) in [5.74, 6) is -0.589. The van der Waals surface area contributed by atoms with Gasteiger partial charge in [-0.3, -0.25) is 4.90 Å². The van der Waals surface area contributed by atoms with Crippen LogP contribution in [-0.2, 0) is 4.74 Å². The number of aromatic nitrogens is 1. The third-order valence-corrected chi connectivity index (χ3v) is 4.21. The summed E-state index contributed by atoms with van der Waals surface area (Å²) in [6.45, 7) is 0.866. The second kappa shape index (κ2) is 7.81. The SMILES string of the molecule is O=C(OCC(F)(F)F)c1ccc(N2CCN(c3ccccc3F)CC2)[nH+]c1. The number of aromatic amines is 1. The Morgan fingerprint density at radius 3 is 2.30 bits per heavy atom. The van der Waals surface area contributed by atoms with E-state index in [2.05, 4.69) is 9.72 Å². The average molecular weight is 384 g/mol. The fourth-order valence-corrected chi connectivity index (χ4v) is 2.87. The standard InChI is InChI=1S/C18H17F4N3O2/c19-14-3-1-2-4-15(14)24-7-9-25(10-8-24)16-6-5-13(11-23-16)17(26)27-12-18(20,21)22/h1-6,11H,7-10,12H2/p+1. The lowest BCUT2D eigenvalue weighted by atomic mass is 10.2. The number of esters is 1. The Labute approximate surface area is 153 Å². The molecule has 5 nitrogen and oxygen atoms in total. The van der Waals surface area contributed by atoms with Crippen molar-refractivity contribution < 1.29 is 32.1 Å². The molecule has 0 unspecified atom stereocenters. The summed E-state index contributed by atoms with van der Waals surface area (Å²) in [6.07, 6.45) is -3.24. The van der Waals surface area contributed by atoms with Crippen LogP contribution in [0.25, 0.3) is 0 Å². The molecule has 9 heteroatoms. The molecule has 1 aliphatic rings. The quantitative estimate of drug-likeness (QED) is 0.601. The maximum Gasteiger partial charge on any atom is 0.422 e. The molecule has 0 amide bonds. The van der Waals surface area contributed by atoms with Gasteiger partial charge in [-0.2, -0.15) is 13.2 Å². The highest BCUT2D eigenvalue weighted by molar-refractivity contribution is 5.88. The summed E-state index contributed by atoms with van der Waals surface area (Å²) in [4.78, 5) is 18.5. The highest BCUT2D eigenvalue weighted by Gasteiger charge is 2.30. The Balaban J connectivity index is 1.57. The van der Waals surface area contributed by atoms with Crippen LogP contribution in [0, 0.1) is 5.82 Å². The Bertz CT molecular complexity index is 788. The molecule has 144 valence electrons. The van der Waals surface area contributed by atoms with E-state index in [-0.39, 0.29) is 11.4 Å². The second-order valence-corrected chi connectivity index (χ2v) is 6.08. The lowest BCUT2D eigenvalue weighted by Crippen LogP contribution is -2.48. The fourth-order valence-electron chi connectivity index (χ4n) is 2.87. The average Bonchev–Trinajstić information content (AvgIpc) is 2.66. The number of piperazine rings is 1. The highest BCUT2D eigenvalue weighted by atomic mass is 19.4. The zero-order valence-electron chi connectivity index (χ0n) is 14.3. The van der Waals surface area contributed by atoms with Crippen LogP contribution in [0.4, 0.5) is 29.1 Å². The maximum atomic E-state index is 13.9. The molecule has 3 rings (SSSR count). The van der Waals surface area contributed by atoms with Gasteiger partial charge in [0.15, 0.2) is 6.61 Å². The first kappa shape index (κ1) is 18.9. The molecule has 0 saturated carbocycles. The van der Waals surface area contributed by atoms with E-state index in [9.17, 15) is 22.4 Å². The van der Waals surface area contributed by atoms with Crippen LogP contribution in [0.15, 0.2) is 42.6 Å². The zero-order valence-corrected chi connectivity index (χ0v) is 14.3. The molecule has 1 aromatic heterocycles. The normalized spacial score (nSPS) is 15.0. The van der Waals surface area contributed by atoms with Crippen molar-refractivity contribution in [2.45, 2.75) is 6.18 Å². The molecule has 0 atom stereocenters. The predicted octanol–water partition coefficient (Wildman–Crippen LogP) is 2.69. The van der Waals surface area contributed by atoms with Crippen LogP contribution in [0.2, 0.25) is 0 Å². The van der Waals surface area contributed by atoms with Gasteiger partial charge in [-0.25, -0.2) is 14.2 Å². The summed E-state index contributed by atoms with van der Waals surface area (Å²) >= 11 is 0. The number of halogens is 4. The van der Waals surface area contributed by atoms with E-state index in [1.165, 1.54) is 18.3 Å². The monoisotopic (exact) mass is 384 g/mol. The van der Waals surface area contributed by atoms with Crippen LogP contribution < -0.4 is 14.8 Å². The van der Waals surface area contributed by atoms with Gasteiger partial charge in [0, 0.05) is 6.07 Å². The minimum absolute atomic E-state index is 0.00740. The smallest absolute Gasteiger partial charge is 0.422 e. The van der Waals surface area contributed by atoms with E-state index in [4.69, 9.17) is 0 Å². The number of para-hydroxylation sites is 1. The van der Waals surface area contributed by atoms with Crippen molar-refractivity contribution in [1.82, 2.24) is 0 Å². The van der Waals surface area contributed by atoms with Gasteiger partial charge in [0.05, 0.1) is 24.3 Å². The van der Waals surface area contributed by atoms with Crippen molar-refractivity contribution in [1.29, 1.82) is 0 Å². The molecule has 2 heterocycles. The number of H-pyrrole nitrogens is 1. The molecule has 0 aliphatic carbocycles. The van der Waals surface area contributed by atoms with Crippen LogP contribution in [-0.4, -0.2) is 44.9 Å². The van der Waals surface area contributed by atoms with Crippen molar-refractivity contribution in [2.24, 2.45) is 0 Å². The lowest BCUT2D eigenvalue weighted by Gasteiger charge is -2.32. The number of carbonyl (C=O) groups excluding carboxylic acids is 1. The summed E-state index contributed by atoms with van der Waals surface area (Å²) in [7, 11) is 0. The van der Waals surface area contributed by atoms with Crippen LogP contribution in [0.3, 0.4) is 0 Å². The number of benzene rings is 1. The molecule has 1 N–H and O–H groups in total. The highest BCUT2D eigenvalue weighted by Crippen LogP contribution is 2.21. The van der Waals surface area contributed by atoms with E-state index < -0.39 is 18.8 Å². The molecule has 0 spiro atoms. The summed E-state index contributed by atoms with van der Waals surface area (Å²) in [5, 5.41) is 0.